The Morgan fingerprint density at radius 3 is 2.71 bits per heavy atom. The molecule has 0 saturated heterocycles. The first kappa shape index (κ1) is 19.8. The number of nitrogens with one attached hydrogen (secondary N) is 1. The number of aromatic nitrogens is 4. The molecular formula is C21H14F2N6O2. The summed E-state index contributed by atoms with van der Waals surface area (Å²) < 4.78 is 34.6. The molecule has 31 heavy (non-hydrogen) atoms. The summed E-state index contributed by atoms with van der Waals surface area (Å²) in [5.74, 6) is -2.06. The van der Waals surface area contributed by atoms with Crippen molar-refractivity contribution in [3.8, 4) is 17.5 Å². The first-order valence-electron chi connectivity index (χ1n) is 9.01. The van der Waals surface area contributed by atoms with Crippen molar-refractivity contribution >= 4 is 11.7 Å². The van der Waals surface area contributed by atoms with Crippen LogP contribution in [0.25, 0.3) is 5.69 Å². The Balaban J connectivity index is 1.49. The minimum absolute atomic E-state index is 0.0490. The van der Waals surface area contributed by atoms with Crippen LogP contribution in [0.5, 0.6) is 5.75 Å². The number of carbonyl (C=O) groups is 1. The highest BCUT2D eigenvalue weighted by Gasteiger charge is 2.18. The van der Waals surface area contributed by atoms with Crippen LogP contribution >= 0.6 is 0 Å². The molecule has 154 valence electrons. The van der Waals surface area contributed by atoms with Crippen molar-refractivity contribution in [2.75, 3.05) is 5.32 Å². The van der Waals surface area contributed by atoms with Gasteiger partial charge in [0.1, 0.15) is 17.4 Å². The first-order chi connectivity index (χ1) is 15.0. The van der Waals surface area contributed by atoms with Crippen LogP contribution in [-0.2, 0) is 6.73 Å². The number of hydrogen-bond acceptors (Lipinski definition) is 5. The van der Waals surface area contributed by atoms with E-state index < -0.39 is 17.5 Å². The lowest BCUT2D eigenvalue weighted by Crippen LogP contribution is -2.17. The number of halogens is 2. The molecule has 1 amide bonds. The number of nitrogens with zero attached hydrogens (tertiary/aromatic N) is 5. The third-order valence-electron chi connectivity index (χ3n) is 4.24. The molecule has 0 bridgehead atoms. The lowest BCUT2D eigenvalue weighted by molar-refractivity contribution is 0.101. The van der Waals surface area contributed by atoms with E-state index in [1.807, 2.05) is 12.1 Å². The standard InChI is InChI=1S/C21H14F2N6O2/c22-15-6-7-19(17(23)10-15)31-13-28-9-8-18(27-28)21(30)26-20-14(11-24)12-25-29(20)16-4-2-1-3-5-16/h1-10,12H,13H2,(H,26,30). The number of benzene rings is 2. The number of ether oxygens (including phenoxy) is 1. The number of para-hydroxylation sites is 1. The molecular weight excluding hydrogens is 406 g/mol. The SMILES string of the molecule is N#Cc1cnn(-c2ccccc2)c1NC(=O)c1ccn(COc2ccc(F)cc2F)n1. The summed E-state index contributed by atoms with van der Waals surface area (Å²) >= 11 is 0. The van der Waals surface area contributed by atoms with E-state index in [4.69, 9.17) is 4.74 Å². The Morgan fingerprint density at radius 1 is 1.16 bits per heavy atom. The van der Waals surface area contributed by atoms with E-state index in [0.29, 0.717) is 11.8 Å². The molecule has 0 aliphatic heterocycles. The van der Waals surface area contributed by atoms with Gasteiger partial charge in [-0.3, -0.25) is 4.79 Å². The minimum Gasteiger partial charge on any atom is -0.468 e. The van der Waals surface area contributed by atoms with Gasteiger partial charge in [-0.05, 0) is 30.3 Å². The molecule has 0 unspecified atom stereocenters. The fourth-order valence-electron chi connectivity index (χ4n) is 2.77. The molecule has 2 aromatic heterocycles. The molecule has 0 saturated carbocycles. The summed E-state index contributed by atoms with van der Waals surface area (Å²) in [6.07, 6.45) is 2.82. The average molecular weight is 420 g/mol. The second kappa shape index (κ2) is 8.46. The number of rotatable bonds is 6. The van der Waals surface area contributed by atoms with E-state index in [2.05, 4.69) is 15.5 Å². The van der Waals surface area contributed by atoms with Crippen molar-refractivity contribution in [2.45, 2.75) is 6.73 Å². The van der Waals surface area contributed by atoms with Crippen molar-refractivity contribution in [2.24, 2.45) is 0 Å². The number of nitriles is 1. The van der Waals surface area contributed by atoms with Gasteiger partial charge in [0.25, 0.3) is 5.91 Å². The van der Waals surface area contributed by atoms with Gasteiger partial charge >= 0.3 is 0 Å². The zero-order valence-corrected chi connectivity index (χ0v) is 15.9. The van der Waals surface area contributed by atoms with Crippen LogP contribution in [0.2, 0.25) is 0 Å². The van der Waals surface area contributed by atoms with Gasteiger partial charge < -0.3 is 10.1 Å². The largest absolute Gasteiger partial charge is 0.468 e. The van der Waals surface area contributed by atoms with Gasteiger partial charge in [0, 0.05) is 12.3 Å². The topological polar surface area (TPSA) is 97.8 Å². The molecule has 10 heteroatoms. The van der Waals surface area contributed by atoms with Gasteiger partial charge in [-0.2, -0.15) is 15.5 Å². The summed E-state index contributed by atoms with van der Waals surface area (Å²) in [6.45, 7) is -0.193. The highest BCUT2D eigenvalue weighted by molar-refractivity contribution is 6.03. The highest BCUT2D eigenvalue weighted by Crippen LogP contribution is 2.21. The Bertz CT molecular complexity index is 1280. The molecule has 0 radical (unpaired) electrons. The van der Waals surface area contributed by atoms with Crippen molar-refractivity contribution in [3.63, 3.8) is 0 Å². The number of hydrogen-bond donors (Lipinski definition) is 1. The van der Waals surface area contributed by atoms with Crippen molar-refractivity contribution < 1.29 is 18.3 Å². The zero-order chi connectivity index (χ0) is 21.8. The van der Waals surface area contributed by atoms with Crippen LogP contribution in [0.15, 0.2) is 67.0 Å². The molecule has 0 aliphatic carbocycles. The van der Waals surface area contributed by atoms with Gasteiger partial charge in [0.2, 0.25) is 0 Å². The normalized spacial score (nSPS) is 10.5. The minimum atomic E-state index is -0.844. The van der Waals surface area contributed by atoms with E-state index in [9.17, 15) is 18.8 Å². The summed E-state index contributed by atoms with van der Waals surface area (Å²) in [5, 5.41) is 20.2. The van der Waals surface area contributed by atoms with E-state index >= 15 is 0 Å². The van der Waals surface area contributed by atoms with Crippen LogP contribution in [0.3, 0.4) is 0 Å². The monoisotopic (exact) mass is 420 g/mol. The molecule has 4 rings (SSSR count). The summed E-state index contributed by atoms with van der Waals surface area (Å²) in [7, 11) is 0. The quantitative estimate of drug-likeness (QED) is 0.515. The Labute approximate surface area is 174 Å². The molecule has 0 aliphatic rings. The number of amides is 1. The molecule has 8 nitrogen and oxygen atoms in total. The number of carbonyl (C=O) groups excluding carboxylic acids is 1. The first-order valence-corrected chi connectivity index (χ1v) is 9.01. The Morgan fingerprint density at radius 2 is 1.97 bits per heavy atom. The van der Waals surface area contributed by atoms with Crippen molar-refractivity contribution in [3.05, 3.63) is 89.9 Å². The van der Waals surface area contributed by atoms with Gasteiger partial charge in [-0.1, -0.05) is 18.2 Å². The second-order valence-corrected chi connectivity index (χ2v) is 6.31. The lowest BCUT2D eigenvalue weighted by Gasteiger charge is -2.09. The van der Waals surface area contributed by atoms with Crippen LogP contribution < -0.4 is 10.1 Å². The molecule has 4 aromatic rings. The average Bonchev–Trinajstić information content (AvgIpc) is 3.41. The number of anilines is 1. The fourth-order valence-corrected chi connectivity index (χ4v) is 2.77. The maximum absolute atomic E-state index is 13.7. The maximum Gasteiger partial charge on any atom is 0.277 e. The van der Waals surface area contributed by atoms with E-state index in [1.165, 1.54) is 27.8 Å². The third kappa shape index (κ3) is 4.25. The van der Waals surface area contributed by atoms with Gasteiger partial charge in [-0.15, -0.1) is 0 Å². The lowest BCUT2D eigenvalue weighted by atomic mass is 10.3. The fraction of sp³-hybridized carbons (Fsp3) is 0.0476. The van der Waals surface area contributed by atoms with Crippen molar-refractivity contribution in [1.29, 1.82) is 5.26 Å². The molecule has 2 heterocycles. The van der Waals surface area contributed by atoms with Crippen LogP contribution in [0, 0.1) is 23.0 Å². The zero-order valence-electron chi connectivity index (χ0n) is 15.9. The van der Waals surface area contributed by atoms with Crippen LogP contribution in [0.4, 0.5) is 14.6 Å². The smallest absolute Gasteiger partial charge is 0.277 e. The predicted molar refractivity (Wildman–Crippen MR) is 105 cm³/mol. The summed E-state index contributed by atoms with van der Waals surface area (Å²) in [5.41, 5.74) is 0.902. The molecule has 0 fully saturated rings. The third-order valence-corrected chi connectivity index (χ3v) is 4.24. The van der Waals surface area contributed by atoms with Gasteiger partial charge in [0.05, 0.1) is 11.9 Å². The van der Waals surface area contributed by atoms with Crippen LogP contribution in [-0.4, -0.2) is 25.5 Å². The van der Waals surface area contributed by atoms with E-state index in [-0.39, 0.29) is 29.6 Å². The van der Waals surface area contributed by atoms with Crippen LogP contribution in [0.1, 0.15) is 16.1 Å². The second-order valence-electron chi connectivity index (χ2n) is 6.31. The Hall–Kier alpha value is -4.52. The predicted octanol–water partition coefficient (Wildman–Crippen LogP) is 3.51. The maximum atomic E-state index is 13.7. The molecule has 0 spiro atoms. The van der Waals surface area contributed by atoms with Crippen molar-refractivity contribution in [1.82, 2.24) is 19.6 Å². The summed E-state index contributed by atoms with van der Waals surface area (Å²) in [4.78, 5) is 12.7. The van der Waals surface area contributed by atoms with E-state index in [1.54, 1.807) is 24.3 Å². The molecule has 0 atom stereocenters. The molecule has 1 N–H and O–H groups in total. The van der Waals surface area contributed by atoms with Gasteiger partial charge in [-0.25, -0.2) is 18.1 Å². The molecule has 2 aromatic carbocycles. The summed E-state index contributed by atoms with van der Waals surface area (Å²) in [6, 6.07) is 15.4. The Kier molecular flexibility index (Phi) is 5.40. The van der Waals surface area contributed by atoms with Gasteiger partial charge in [0.15, 0.2) is 29.8 Å². The van der Waals surface area contributed by atoms with E-state index in [0.717, 1.165) is 12.1 Å². The highest BCUT2D eigenvalue weighted by atomic mass is 19.1.